The van der Waals surface area contributed by atoms with Gasteiger partial charge in [0.1, 0.15) is 6.61 Å². The van der Waals surface area contributed by atoms with Gasteiger partial charge in [-0.25, -0.2) is 4.79 Å². The van der Waals surface area contributed by atoms with E-state index in [1.807, 2.05) is 30.3 Å². The molecular weight excluding hydrogens is 320 g/mol. The number of benzene rings is 1. The molecule has 3 atom stereocenters. The summed E-state index contributed by atoms with van der Waals surface area (Å²) in [5, 5.41) is 0. The van der Waals surface area contributed by atoms with Crippen LogP contribution in [0.2, 0.25) is 0 Å². The molecule has 0 N–H and O–H groups in total. The van der Waals surface area contributed by atoms with Crippen LogP contribution in [0.15, 0.2) is 30.3 Å². The summed E-state index contributed by atoms with van der Waals surface area (Å²) in [5.74, 6) is -0.980. The molecule has 2 aliphatic heterocycles. The van der Waals surface area contributed by atoms with Gasteiger partial charge in [-0.3, -0.25) is 14.5 Å². The van der Waals surface area contributed by atoms with Gasteiger partial charge in [0, 0.05) is 12.5 Å². The van der Waals surface area contributed by atoms with Crippen molar-refractivity contribution in [2.24, 2.45) is 11.8 Å². The number of carbonyl (C=O) groups is 3. The molecule has 134 valence electrons. The monoisotopic (exact) mass is 344 g/mol. The highest BCUT2D eigenvalue weighted by molar-refractivity contribution is 6.00. The summed E-state index contributed by atoms with van der Waals surface area (Å²) >= 11 is 0. The molecule has 2 heterocycles. The van der Waals surface area contributed by atoms with Gasteiger partial charge >= 0.3 is 6.09 Å². The van der Waals surface area contributed by atoms with Gasteiger partial charge in [0.2, 0.25) is 11.8 Å². The Morgan fingerprint density at radius 2 is 1.92 bits per heavy atom. The van der Waals surface area contributed by atoms with E-state index < -0.39 is 6.09 Å². The molecular formula is C19H24N2O4. The van der Waals surface area contributed by atoms with E-state index in [2.05, 4.69) is 0 Å². The number of likely N-dealkylation sites (tertiary alicyclic amines) is 2. The average molecular weight is 344 g/mol. The molecule has 6 heteroatoms. The lowest BCUT2D eigenvalue weighted by Crippen LogP contribution is -2.44. The second-order valence-corrected chi connectivity index (χ2v) is 7.07. The highest BCUT2D eigenvalue weighted by atomic mass is 16.6. The number of rotatable bonds is 3. The van der Waals surface area contributed by atoms with E-state index in [0.29, 0.717) is 13.0 Å². The number of nitrogens with zero attached hydrogens (tertiary/aromatic N) is 2. The van der Waals surface area contributed by atoms with Crippen LogP contribution >= 0.6 is 0 Å². The number of carbonyl (C=O) groups excluding carboxylic acids is 3. The highest BCUT2D eigenvalue weighted by Crippen LogP contribution is 2.37. The summed E-state index contributed by atoms with van der Waals surface area (Å²) in [4.78, 5) is 40.4. The van der Waals surface area contributed by atoms with Crippen molar-refractivity contribution in [1.82, 2.24) is 9.80 Å². The van der Waals surface area contributed by atoms with Crippen LogP contribution in [-0.4, -0.2) is 46.3 Å². The second-order valence-electron chi connectivity index (χ2n) is 7.07. The number of hydrogen-bond donors (Lipinski definition) is 0. The van der Waals surface area contributed by atoms with Crippen molar-refractivity contribution in [2.45, 2.75) is 45.9 Å². The summed E-state index contributed by atoms with van der Waals surface area (Å²) in [5.41, 5.74) is 0.916. The molecule has 1 aromatic carbocycles. The Hall–Kier alpha value is -2.37. The maximum absolute atomic E-state index is 12.5. The van der Waals surface area contributed by atoms with E-state index in [4.69, 9.17) is 4.74 Å². The average Bonchev–Trinajstić information content (AvgIpc) is 3.13. The molecule has 2 aliphatic rings. The zero-order valence-corrected chi connectivity index (χ0v) is 14.8. The topological polar surface area (TPSA) is 66.9 Å². The van der Waals surface area contributed by atoms with Gasteiger partial charge in [-0.2, -0.15) is 0 Å². The van der Waals surface area contributed by atoms with Crippen LogP contribution in [-0.2, 0) is 20.9 Å². The molecule has 25 heavy (non-hydrogen) atoms. The summed E-state index contributed by atoms with van der Waals surface area (Å²) in [6.45, 7) is 6.06. The Bertz CT molecular complexity index is 673. The Morgan fingerprint density at radius 1 is 1.24 bits per heavy atom. The van der Waals surface area contributed by atoms with Crippen LogP contribution in [0.3, 0.4) is 0 Å². The van der Waals surface area contributed by atoms with E-state index in [0.717, 1.165) is 5.56 Å². The van der Waals surface area contributed by atoms with Crippen molar-refractivity contribution in [3.8, 4) is 0 Å². The molecule has 0 aliphatic carbocycles. The first-order valence-electron chi connectivity index (χ1n) is 8.76. The lowest BCUT2D eigenvalue weighted by molar-refractivity contribution is -0.147. The number of imide groups is 1. The largest absolute Gasteiger partial charge is 0.445 e. The van der Waals surface area contributed by atoms with Crippen molar-refractivity contribution in [3.05, 3.63) is 35.9 Å². The van der Waals surface area contributed by atoms with Crippen molar-refractivity contribution in [1.29, 1.82) is 0 Å². The Morgan fingerprint density at radius 3 is 2.56 bits per heavy atom. The van der Waals surface area contributed by atoms with Crippen molar-refractivity contribution < 1.29 is 19.1 Å². The maximum Gasteiger partial charge on any atom is 0.410 e. The van der Waals surface area contributed by atoms with E-state index in [1.165, 1.54) is 4.90 Å². The highest BCUT2D eigenvalue weighted by Gasteiger charge is 2.55. The lowest BCUT2D eigenvalue weighted by atomic mass is 10.0. The molecule has 0 spiro atoms. The first-order valence-corrected chi connectivity index (χ1v) is 8.76. The van der Waals surface area contributed by atoms with Gasteiger partial charge in [-0.15, -0.1) is 0 Å². The predicted octanol–water partition coefficient (Wildman–Crippen LogP) is 2.43. The van der Waals surface area contributed by atoms with Crippen LogP contribution in [0.4, 0.5) is 4.79 Å². The fourth-order valence-corrected chi connectivity index (χ4v) is 3.78. The van der Waals surface area contributed by atoms with Crippen LogP contribution in [0, 0.1) is 11.8 Å². The van der Waals surface area contributed by atoms with Crippen LogP contribution < -0.4 is 0 Å². The number of fused-ring (bicyclic) bond motifs is 1. The third kappa shape index (κ3) is 3.13. The van der Waals surface area contributed by atoms with Crippen LogP contribution in [0.5, 0.6) is 0 Å². The maximum atomic E-state index is 12.5. The third-order valence-corrected chi connectivity index (χ3v) is 5.06. The van der Waals surface area contributed by atoms with Crippen molar-refractivity contribution >= 4 is 17.9 Å². The second kappa shape index (κ2) is 6.86. The van der Waals surface area contributed by atoms with Gasteiger partial charge in [-0.1, -0.05) is 51.1 Å². The summed E-state index contributed by atoms with van der Waals surface area (Å²) < 4.78 is 5.42. The Labute approximate surface area is 147 Å². The molecule has 6 nitrogen and oxygen atoms in total. The first-order chi connectivity index (χ1) is 11.9. The minimum atomic E-state index is -0.421. The van der Waals surface area contributed by atoms with E-state index >= 15 is 0 Å². The van der Waals surface area contributed by atoms with Crippen molar-refractivity contribution in [2.75, 3.05) is 6.54 Å². The smallest absolute Gasteiger partial charge is 0.410 e. The molecule has 0 unspecified atom stereocenters. The van der Waals surface area contributed by atoms with E-state index in [9.17, 15) is 14.4 Å². The molecule has 2 fully saturated rings. The number of hydrogen-bond acceptors (Lipinski definition) is 4. The Kier molecular flexibility index (Phi) is 4.79. The fraction of sp³-hybridized carbons (Fsp3) is 0.526. The summed E-state index contributed by atoms with van der Waals surface area (Å²) in [6, 6.07) is 8.95. The number of amides is 3. The minimum absolute atomic E-state index is 0.163. The molecule has 1 aromatic rings. The third-order valence-electron chi connectivity index (χ3n) is 5.06. The van der Waals surface area contributed by atoms with Gasteiger partial charge < -0.3 is 9.64 Å². The zero-order valence-electron chi connectivity index (χ0n) is 14.8. The lowest BCUT2D eigenvalue weighted by Gasteiger charge is -2.26. The molecule has 2 saturated heterocycles. The predicted molar refractivity (Wildman–Crippen MR) is 91.4 cm³/mol. The minimum Gasteiger partial charge on any atom is -0.445 e. The normalized spacial score (nSPS) is 25.4. The van der Waals surface area contributed by atoms with Gasteiger partial charge in [0.25, 0.3) is 0 Å². The Balaban J connectivity index is 1.70. The molecule has 0 saturated carbocycles. The van der Waals surface area contributed by atoms with E-state index in [1.54, 1.807) is 25.7 Å². The van der Waals surface area contributed by atoms with Gasteiger partial charge in [0.15, 0.2) is 0 Å². The fourth-order valence-electron chi connectivity index (χ4n) is 3.78. The van der Waals surface area contributed by atoms with Crippen LogP contribution in [0.1, 0.15) is 32.8 Å². The van der Waals surface area contributed by atoms with Crippen molar-refractivity contribution in [3.63, 3.8) is 0 Å². The molecule has 3 amide bonds. The quantitative estimate of drug-likeness (QED) is 0.845. The van der Waals surface area contributed by atoms with Gasteiger partial charge in [0.05, 0.1) is 18.0 Å². The first kappa shape index (κ1) is 17.5. The standard InChI is InChI=1S/C19H24N2O4/c1-12(2)17(22)21-15-9-10-20(16(15)13(3)18(21)23)19(24)25-11-14-7-5-4-6-8-14/h4-8,12-13,15-16H,9-11H2,1-3H3/t13-,15-,16+/m0/s1. The molecule has 3 rings (SSSR count). The molecule has 0 radical (unpaired) electrons. The van der Waals surface area contributed by atoms with Crippen LogP contribution in [0.25, 0.3) is 0 Å². The summed E-state index contributed by atoms with van der Waals surface area (Å²) in [6.07, 6.45) is 0.189. The molecule has 0 bridgehead atoms. The molecule has 0 aromatic heterocycles. The van der Waals surface area contributed by atoms with E-state index in [-0.39, 0.29) is 42.3 Å². The zero-order chi connectivity index (χ0) is 18.1. The summed E-state index contributed by atoms with van der Waals surface area (Å²) in [7, 11) is 0. The number of ether oxygens (including phenoxy) is 1. The van der Waals surface area contributed by atoms with Gasteiger partial charge in [-0.05, 0) is 12.0 Å². The SMILES string of the molecule is CC(C)C(=O)N1C(=O)[C@@H](C)[C@@H]2[C@@H]1CCN2C(=O)OCc1ccccc1.